The monoisotopic (exact) mass is 502 g/mol. The number of thiophene rings is 1. The molecule has 0 N–H and O–H groups in total. The first kappa shape index (κ1) is 21.5. The molecule has 0 saturated heterocycles. The molecule has 0 atom stereocenters. The standard InChI is InChI=1S/C36H22OS/c1-2-10-23(11-3-1)26-13-6-7-15-28(26)36-30-17-9-8-16-29(30)35(38-36)25-18-20-31-33(22-25)37-32-21-19-24-12-4-5-14-27(24)34(31)32/h1-2,4-8,10,12-16,18-22H,9,17H2. The number of benzene rings is 4. The van der Waals surface area contributed by atoms with Gasteiger partial charge < -0.3 is 4.42 Å². The van der Waals surface area contributed by atoms with E-state index < -0.39 is 0 Å². The first-order valence-corrected chi connectivity index (χ1v) is 13.8. The Morgan fingerprint density at radius 3 is 2.55 bits per heavy atom. The fourth-order valence-corrected chi connectivity index (χ4v) is 7.25. The Balaban J connectivity index is 1.33. The molecule has 8 rings (SSSR count). The van der Waals surface area contributed by atoms with Crippen molar-refractivity contribution in [3.05, 3.63) is 126 Å². The normalized spacial score (nSPS) is 12.7. The third kappa shape index (κ3) is 3.26. The summed E-state index contributed by atoms with van der Waals surface area (Å²) in [6, 6.07) is 40.7. The topological polar surface area (TPSA) is 13.1 Å². The Morgan fingerprint density at radius 2 is 1.63 bits per heavy atom. The second kappa shape index (κ2) is 8.48. The number of hydrogen-bond acceptors (Lipinski definition) is 2. The number of rotatable bonds is 3. The molecule has 1 aliphatic carbocycles. The van der Waals surface area contributed by atoms with Gasteiger partial charge in [-0.15, -0.1) is 11.3 Å². The van der Waals surface area contributed by atoms with E-state index in [-0.39, 0.29) is 0 Å². The molecule has 0 amide bonds. The van der Waals surface area contributed by atoms with Gasteiger partial charge in [0.2, 0.25) is 0 Å². The van der Waals surface area contributed by atoms with E-state index >= 15 is 0 Å². The van der Waals surface area contributed by atoms with Crippen molar-refractivity contribution in [3.63, 3.8) is 0 Å². The summed E-state index contributed by atoms with van der Waals surface area (Å²) < 4.78 is 6.41. The van der Waals surface area contributed by atoms with Crippen LogP contribution in [0.25, 0.3) is 70.8 Å². The van der Waals surface area contributed by atoms with E-state index in [2.05, 4.69) is 109 Å². The largest absolute Gasteiger partial charge is 0.456 e. The molecule has 2 heteroatoms. The smallest absolute Gasteiger partial charge is 0.136 e. The summed E-state index contributed by atoms with van der Waals surface area (Å²) in [7, 11) is 0. The lowest BCUT2D eigenvalue weighted by Gasteiger charge is -2.12. The number of fused-ring (bicyclic) bond motifs is 6. The minimum Gasteiger partial charge on any atom is -0.456 e. The van der Waals surface area contributed by atoms with E-state index in [4.69, 9.17) is 4.42 Å². The third-order valence-corrected chi connectivity index (χ3v) is 8.96. The van der Waals surface area contributed by atoms with Crippen LogP contribution in [0, 0.1) is 12.1 Å². The summed E-state index contributed by atoms with van der Waals surface area (Å²) in [6.45, 7) is 0. The van der Waals surface area contributed by atoms with Gasteiger partial charge in [0.1, 0.15) is 11.2 Å². The fraction of sp³-hybridized carbons (Fsp3) is 0.0556. The first-order valence-electron chi connectivity index (χ1n) is 13.0. The van der Waals surface area contributed by atoms with Crippen LogP contribution in [0.1, 0.15) is 17.5 Å². The maximum absolute atomic E-state index is 6.41. The first-order chi connectivity index (χ1) is 18.8. The minimum absolute atomic E-state index is 0.937. The van der Waals surface area contributed by atoms with Gasteiger partial charge in [-0.2, -0.15) is 0 Å². The van der Waals surface area contributed by atoms with E-state index in [1.54, 1.807) is 0 Å². The van der Waals surface area contributed by atoms with Crippen LogP contribution in [0.4, 0.5) is 0 Å². The van der Waals surface area contributed by atoms with Crippen molar-refractivity contribution in [2.75, 3.05) is 0 Å². The van der Waals surface area contributed by atoms with Crippen LogP contribution in [-0.4, -0.2) is 0 Å². The molecule has 0 saturated carbocycles. The summed E-state index contributed by atoms with van der Waals surface area (Å²) in [6.07, 6.45) is 6.74. The predicted molar refractivity (Wildman–Crippen MR) is 160 cm³/mol. The minimum atomic E-state index is 0.937. The van der Waals surface area contributed by atoms with E-state index in [1.807, 2.05) is 23.5 Å². The lowest BCUT2D eigenvalue weighted by atomic mass is 9.91. The predicted octanol–water partition coefficient (Wildman–Crippen LogP) is 10.4. The molecule has 2 heterocycles. The average molecular weight is 503 g/mol. The van der Waals surface area contributed by atoms with Crippen molar-refractivity contribution in [1.29, 1.82) is 0 Å². The molecule has 38 heavy (non-hydrogen) atoms. The summed E-state index contributed by atoms with van der Waals surface area (Å²) in [5.41, 5.74) is 9.41. The maximum Gasteiger partial charge on any atom is 0.136 e. The Kier molecular flexibility index (Phi) is 4.80. The van der Waals surface area contributed by atoms with Gasteiger partial charge in [-0.25, -0.2) is 0 Å². The highest BCUT2D eigenvalue weighted by Crippen LogP contribution is 2.48. The zero-order valence-electron chi connectivity index (χ0n) is 20.6. The highest BCUT2D eigenvalue weighted by Gasteiger charge is 2.23. The van der Waals surface area contributed by atoms with Crippen LogP contribution >= 0.6 is 11.3 Å². The summed E-state index contributed by atoms with van der Waals surface area (Å²) >= 11 is 1.89. The highest BCUT2D eigenvalue weighted by molar-refractivity contribution is 7.19. The summed E-state index contributed by atoms with van der Waals surface area (Å²) in [4.78, 5) is 2.65. The number of hydrogen-bond donors (Lipinski definition) is 0. The van der Waals surface area contributed by atoms with Crippen LogP contribution in [0.5, 0.6) is 0 Å². The molecule has 1 aliphatic rings. The van der Waals surface area contributed by atoms with E-state index in [9.17, 15) is 0 Å². The molecule has 0 bridgehead atoms. The second-order valence-corrected chi connectivity index (χ2v) is 10.8. The number of furan rings is 1. The average Bonchev–Trinajstić information content (AvgIpc) is 3.56. The Morgan fingerprint density at radius 1 is 0.737 bits per heavy atom. The molecule has 0 radical (unpaired) electrons. The molecule has 178 valence electrons. The van der Waals surface area contributed by atoms with Crippen molar-refractivity contribution < 1.29 is 4.42 Å². The van der Waals surface area contributed by atoms with Crippen LogP contribution < -0.4 is 0 Å². The molecular weight excluding hydrogens is 480 g/mol. The zero-order valence-corrected chi connectivity index (χ0v) is 21.4. The van der Waals surface area contributed by atoms with Gasteiger partial charge in [0.25, 0.3) is 0 Å². The van der Waals surface area contributed by atoms with E-state index in [0.29, 0.717) is 0 Å². The lowest BCUT2D eigenvalue weighted by Crippen LogP contribution is -1.93. The van der Waals surface area contributed by atoms with Crippen LogP contribution in [-0.2, 0) is 6.42 Å². The van der Waals surface area contributed by atoms with Gasteiger partial charge in [-0.05, 0) is 76.2 Å². The zero-order chi connectivity index (χ0) is 25.1. The van der Waals surface area contributed by atoms with Crippen molar-refractivity contribution in [2.45, 2.75) is 12.8 Å². The molecule has 0 aliphatic heterocycles. The quantitative estimate of drug-likeness (QED) is 0.234. The van der Waals surface area contributed by atoms with Gasteiger partial charge in [0.05, 0.1) is 0 Å². The fourth-order valence-electron chi connectivity index (χ4n) is 5.88. The Hall–Kier alpha value is -4.58. The number of allylic oxidation sites excluding steroid dienone is 1. The van der Waals surface area contributed by atoms with Crippen molar-refractivity contribution in [1.82, 2.24) is 0 Å². The van der Waals surface area contributed by atoms with Crippen LogP contribution in [0.2, 0.25) is 0 Å². The van der Waals surface area contributed by atoms with Gasteiger partial charge in [0, 0.05) is 31.7 Å². The van der Waals surface area contributed by atoms with Crippen molar-refractivity contribution in [2.24, 2.45) is 0 Å². The van der Waals surface area contributed by atoms with E-state index in [0.717, 1.165) is 29.6 Å². The van der Waals surface area contributed by atoms with Gasteiger partial charge in [-0.1, -0.05) is 91.0 Å². The van der Waals surface area contributed by atoms with Gasteiger partial charge in [-0.3, -0.25) is 0 Å². The maximum atomic E-state index is 6.41. The third-order valence-electron chi connectivity index (χ3n) is 7.63. The lowest BCUT2D eigenvalue weighted by molar-refractivity contribution is 0.669. The molecular formula is C36H22OS. The molecule has 2 aromatic heterocycles. The highest BCUT2D eigenvalue weighted by atomic mass is 32.1. The van der Waals surface area contributed by atoms with Gasteiger partial charge >= 0.3 is 0 Å². The van der Waals surface area contributed by atoms with Crippen LogP contribution in [0.15, 0.2) is 108 Å². The molecule has 0 spiro atoms. The molecule has 5 aromatic carbocycles. The molecule has 0 fully saturated rings. The Labute approximate surface area is 225 Å². The van der Waals surface area contributed by atoms with E-state index in [1.165, 1.54) is 59.1 Å². The van der Waals surface area contributed by atoms with Crippen molar-refractivity contribution >= 4 is 50.1 Å². The summed E-state index contributed by atoms with van der Waals surface area (Å²) in [5, 5.41) is 4.84. The van der Waals surface area contributed by atoms with Gasteiger partial charge in [0.15, 0.2) is 0 Å². The van der Waals surface area contributed by atoms with Crippen LogP contribution in [0.3, 0.4) is 0 Å². The molecule has 7 aromatic rings. The SMILES string of the molecule is c1cccc(-c2ccccc2-c2sc(-c3ccc4c(c3)oc3ccc5ccccc5c34)c3c2CCC=C3)c#1. The molecule has 0 unspecified atom stereocenters. The molecule has 1 nitrogen and oxygen atoms in total. The van der Waals surface area contributed by atoms with Crippen molar-refractivity contribution in [3.8, 4) is 32.0 Å². The Bertz CT molecular complexity index is 2020. The second-order valence-electron chi connectivity index (χ2n) is 9.82. The summed E-state index contributed by atoms with van der Waals surface area (Å²) in [5.74, 6) is 0.